The van der Waals surface area contributed by atoms with Crippen LogP contribution in [0.2, 0.25) is 10.0 Å². The number of halogens is 2. The Kier molecular flexibility index (Phi) is 17.6. The third-order valence-electron chi connectivity index (χ3n) is 10.4. The van der Waals surface area contributed by atoms with E-state index in [1.54, 1.807) is 26.0 Å². The predicted octanol–water partition coefficient (Wildman–Crippen LogP) is 5.35. The van der Waals surface area contributed by atoms with Crippen molar-refractivity contribution in [2.24, 2.45) is 11.8 Å². The van der Waals surface area contributed by atoms with E-state index in [2.05, 4.69) is 10.6 Å². The molecule has 2 aliphatic heterocycles. The minimum atomic E-state index is -0.961. The van der Waals surface area contributed by atoms with E-state index in [1.807, 2.05) is 12.1 Å². The summed E-state index contributed by atoms with van der Waals surface area (Å²) in [4.78, 5) is 54.1. The molecule has 0 radical (unpaired) electrons. The topological polar surface area (TPSA) is 212 Å². The summed E-state index contributed by atoms with van der Waals surface area (Å²) in [6.45, 7) is 4.34. The SMILES string of the molecule is COCOCC1CCCC12NC(=O)N(c1ccc(C#N)c(Cl)c1C)C2=O.COCOCC1CCCC12NC(=O)N(c1ccc(C#N)c(Cl)c1C)C2=O.[Cu+].[Cu+].[O-2]. The van der Waals surface area contributed by atoms with E-state index in [-0.39, 0.29) is 86.9 Å². The van der Waals surface area contributed by atoms with Crippen LogP contribution in [-0.2, 0) is 68.2 Å². The van der Waals surface area contributed by atoms with Gasteiger partial charge in [0.2, 0.25) is 0 Å². The average Bonchev–Trinajstić information content (AvgIpc) is 3.85. The molecule has 0 aromatic heterocycles. The number of amides is 6. The van der Waals surface area contributed by atoms with Crippen LogP contribution in [0.1, 0.15) is 60.8 Å². The van der Waals surface area contributed by atoms with Crippen LogP contribution in [0.4, 0.5) is 21.0 Å². The molecular weight excluding hydrogens is 858 g/mol. The summed E-state index contributed by atoms with van der Waals surface area (Å²) in [5.74, 6) is -0.827. The van der Waals surface area contributed by atoms with Gasteiger partial charge in [0.1, 0.15) is 36.8 Å². The number of nitrogens with zero attached hydrogens (tertiary/aromatic N) is 4. The van der Waals surface area contributed by atoms with Crippen LogP contribution in [0.15, 0.2) is 24.3 Å². The van der Waals surface area contributed by atoms with Crippen LogP contribution in [-0.4, -0.2) is 76.0 Å². The van der Waals surface area contributed by atoms with Gasteiger partial charge in [0, 0.05) is 26.1 Å². The van der Waals surface area contributed by atoms with Crippen molar-refractivity contribution in [1.29, 1.82) is 10.5 Å². The summed E-state index contributed by atoms with van der Waals surface area (Å²) in [7, 11) is 3.07. The van der Waals surface area contributed by atoms with Crippen molar-refractivity contribution in [3.63, 3.8) is 0 Å². The summed E-state index contributed by atoms with van der Waals surface area (Å²) in [6, 6.07) is 9.25. The Morgan fingerprint density at radius 2 is 1.09 bits per heavy atom. The number of ether oxygens (including phenoxy) is 4. The second-order valence-electron chi connectivity index (χ2n) is 13.2. The Labute approximate surface area is 350 Å². The molecule has 0 bridgehead atoms. The number of anilines is 2. The Balaban J connectivity index is 0.000000360. The molecule has 2 heterocycles. The van der Waals surface area contributed by atoms with Gasteiger partial charge in [-0.2, -0.15) is 10.5 Å². The van der Waals surface area contributed by atoms with Crippen molar-refractivity contribution < 1.29 is 77.7 Å². The molecule has 4 aliphatic rings. The summed E-state index contributed by atoms with van der Waals surface area (Å²) in [6.07, 6.45) is 4.37. The zero-order valence-corrected chi connectivity index (χ0v) is 33.8. The minimum Gasteiger partial charge on any atom is -2.00 e. The number of nitriles is 2. The standard InChI is InChI=1S/2C18H20ClN3O4.2Cu.O/c2*1-11-14(6-5-12(8-20)15(11)19)22-16(23)18(21-17(22)24)7-3-4-13(18)9-26-10-25-2;;;/h2*5-6,13H,3-4,7,9-10H2,1-2H3,(H,21,24);;;/q;;2*+1;-2. The largest absolute Gasteiger partial charge is 2.00 e. The van der Waals surface area contributed by atoms with Crippen LogP contribution in [0, 0.1) is 48.3 Å². The number of benzene rings is 2. The maximum Gasteiger partial charge on any atom is 1.00 e. The summed E-state index contributed by atoms with van der Waals surface area (Å²) < 4.78 is 20.7. The molecule has 304 valence electrons. The normalized spacial score (nSPS) is 23.6. The van der Waals surface area contributed by atoms with Crippen LogP contribution in [0.3, 0.4) is 0 Å². The molecule has 4 atom stereocenters. The first-order chi connectivity index (χ1) is 24.9. The van der Waals surface area contributed by atoms with Crippen LogP contribution >= 0.6 is 23.2 Å². The Morgan fingerprint density at radius 3 is 1.42 bits per heavy atom. The molecule has 2 aromatic carbocycles. The molecule has 55 heavy (non-hydrogen) atoms. The van der Waals surface area contributed by atoms with E-state index in [0.717, 1.165) is 35.5 Å². The van der Waals surface area contributed by atoms with E-state index in [1.165, 1.54) is 26.4 Å². The first-order valence-electron chi connectivity index (χ1n) is 16.8. The van der Waals surface area contributed by atoms with Gasteiger partial charge in [0.15, 0.2) is 0 Å². The van der Waals surface area contributed by atoms with E-state index < -0.39 is 23.1 Å². The van der Waals surface area contributed by atoms with Crippen LogP contribution in [0.25, 0.3) is 0 Å². The fourth-order valence-corrected chi connectivity index (χ4v) is 8.08. The Bertz CT molecular complexity index is 1730. The first-order valence-corrected chi connectivity index (χ1v) is 17.5. The number of nitrogens with one attached hydrogen (secondary N) is 2. The Hall–Kier alpha value is -3.28. The fourth-order valence-electron chi connectivity index (χ4n) is 7.67. The van der Waals surface area contributed by atoms with E-state index in [4.69, 9.17) is 52.7 Å². The average molecular weight is 899 g/mol. The Morgan fingerprint density at radius 1 is 0.727 bits per heavy atom. The van der Waals surface area contributed by atoms with Gasteiger partial charge in [-0.15, -0.1) is 0 Å². The second kappa shape index (κ2) is 20.2. The van der Waals surface area contributed by atoms with Gasteiger partial charge in [-0.1, -0.05) is 36.0 Å². The molecule has 4 fully saturated rings. The number of rotatable bonds is 10. The van der Waals surface area contributed by atoms with Crippen molar-refractivity contribution >= 4 is 58.5 Å². The van der Waals surface area contributed by atoms with Gasteiger partial charge >= 0.3 is 46.2 Å². The molecule has 19 heteroatoms. The number of hydrogen-bond donors (Lipinski definition) is 2. The molecule has 2 saturated carbocycles. The second-order valence-corrected chi connectivity index (χ2v) is 13.9. The third-order valence-corrected chi connectivity index (χ3v) is 11.3. The maximum absolute atomic E-state index is 13.2. The van der Waals surface area contributed by atoms with Crippen molar-refractivity contribution in [1.82, 2.24) is 10.6 Å². The molecule has 2 aliphatic carbocycles. The fraction of sp³-hybridized carbons (Fsp3) is 0.500. The van der Waals surface area contributed by atoms with Gasteiger partial charge in [-0.05, 0) is 74.9 Å². The van der Waals surface area contributed by atoms with Gasteiger partial charge in [-0.25, -0.2) is 19.4 Å². The predicted molar refractivity (Wildman–Crippen MR) is 190 cm³/mol. The van der Waals surface area contributed by atoms with Gasteiger partial charge < -0.3 is 35.1 Å². The smallest absolute Gasteiger partial charge is 1.00 e. The number of imide groups is 2. The third kappa shape index (κ3) is 8.84. The number of methoxy groups -OCH3 is 2. The molecule has 4 unspecified atom stereocenters. The van der Waals surface area contributed by atoms with Crippen molar-refractivity contribution in [2.45, 2.75) is 63.5 Å². The van der Waals surface area contributed by atoms with Gasteiger partial charge in [0.25, 0.3) is 11.8 Å². The first kappa shape index (κ1) is 47.9. The molecule has 2 N–H and O–H groups in total. The molecule has 6 rings (SSSR count). The van der Waals surface area contributed by atoms with Crippen LogP contribution < -0.4 is 20.4 Å². The monoisotopic (exact) mass is 896 g/mol. The molecule has 6 amide bonds. The zero-order chi connectivity index (χ0) is 37.8. The number of urea groups is 2. The minimum absolute atomic E-state index is 0. The van der Waals surface area contributed by atoms with E-state index >= 15 is 0 Å². The molecule has 2 saturated heterocycles. The maximum atomic E-state index is 13.2. The number of hydrogen-bond acceptors (Lipinski definition) is 10. The summed E-state index contributed by atoms with van der Waals surface area (Å²) >= 11 is 12.4. The van der Waals surface area contributed by atoms with Crippen LogP contribution in [0.5, 0.6) is 0 Å². The van der Waals surface area contributed by atoms with E-state index in [9.17, 15) is 19.2 Å². The number of carbonyl (C=O) groups excluding carboxylic acids is 4. The zero-order valence-electron chi connectivity index (χ0n) is 30.4. The molecule has 2 aromatic rings. The van der Waals surface area contributed by atoms with Crippen molar-refractivity contribution in [3.8, 4) is 12.1 Å². The van der Waals surface area contributed by atoms with E-state index in [0.29, 0.717) is 59.7 Å². The quantitative estimate of drug-likeness (QED) is 0.135. The molecule has 2 spiro atoms. The summed E-state index contributed by atoms with van der Waals surface area (Å²) in [5.41, 5.74) is 0.541. The number of carbonyl (C=O) groups is 4. The summed E-state index contributed by atoms with van der Waals surface area (Å²) in [5, 5.41) is 24.5. The van der Waals surface area contributed by atoms with Gasteiger partial charge in [-0.3, -0.25) is 9.59 Å². The van der Waals surface area contributed by atoms with Crippen molar-refractivity contribution in [2.75, 3.05) is 50.8 Å². The van der Waals surface area contributed by atoms with Gasteiger partial charge in [0.05, 0.1) is 45.8 Å². The van der Waals surface area contributed by atoms with Crippen molar-refractivity contribution in [3.05, 3.63) is 56.6 Å². The molecular formula is C36H40Cl2Cu2N6O9. The molecule has 15 nitrogen and oxygen atoms in total.